The number of hydrogen-bond donors (Lipinski definition) is 2. The van der Waals surface area contributed by atoms with E-state index in [1.807, 2.05) is 31.3 Å². The Morgan fingerprint density at radius 3 is 2.32 bits per heavy atom. The summed E-state index contributed by atoms with van der Waals surface area (Å²) in [5, 5.41) is 5.50. The minimum atomic E-state index is -0.112. The molecule has 0 heterocycles. The zero-order chi connectivity index (χ0) is 18.2. The second-order valence-electron chi connectivity index (χ2n) is 6.82. The molecule has 0 spiro atoms. The summed E-state index contributed by atoms with van der Waals surface area (Å²) < 4.78 is 0. The number of anilines is 1. The van der Waals surface area contributed by atoms with Crippen LogP contribution in [0, 0.1) is 0 Å². The number of hydrogen-bond acceptors (Lipinski definition) is 3. The third kappa shape index (κ3) is 6.05. The summed E-state index contributed by atoms with van der Waals surface area (Å²) in [5.74, 6) is -0.0251. The predicted octanol–water partition coefficient (Wildman–Crippen LogP) is 2.31. The number of carbonyl (C=O) groups is 2. The van der Waals surface area contributed by atoms with Crippen LogP contribution in [-0.2, 0) is 11.2 Å². The molecule has 25 heavy (non-hydrogen) atoms. The van der Waals surface area contributed by atoms with Gasteiger partial charge in [0, 0.05) is 38.9 Å². The normalized spacial score (nSPS) is 14.6. The van der Waals surface area contributed by atoms with Gasteiger partial charge in [-0.2, -0.15) is 0 Å². The maximum atomic E-state index is 12.3. The van der Waals surface area contributed by atoms with Gasteiger partial charge in [-0.25, -0.2) is 4.79 Å². The molecule has 0 saturated heterocycles. The molecule has 2 N–H and O–H groups in total. The van der Waals surface area contributed by atoms with Crippen molar-refractivity contribution >= 4 is 17.6 Å². The van der Waals surface area contributed by atoms with Gasteiger partial charge in [0.05, 0.1) is 6.42 Å². The van der Waals surface area contributed by atoms with Crippen molar-refractivity contribution in [2.24, 2.45) is 0 Å². The van der Waals surface area contributed by atoms with Crippen LogP contribution >= 0.6 is 0 Å². The third-order valence-electron chi connectivity index (χ3n) is 4.93. The number of rotatable bonds is 7. The van der Waals surface area contributed by atoms with Crippen LogP contribution in [0.3, 0.4) is 0 Å². The van der Waals surface area contributed by atoms with Crippen molar-refractivity contribution in [3.05, 3.63) is 29.8 Å². The van der Waals surface area contributed by atoms with Gasteiger partial charge in [0.2, 0.25) is 5.91 Å². The molecule has 0 aromatic heterocycles. The maximum absolute atomic E-state index is 12.3. The largest absolute Gasteiger partial charge is 0.359 e. The number of likely N-dealkylation sites (N-methyl/N-ethyl adjacent to an activating group) is 3. The number of nitrogens with zero attached hydrogens (tertiary/aromatic N) is 2. The Hall–Kier alpha value is -2.08. The molecule has 6 heteroatoms. The van der Waals surface area contributed by atoms with Gasteiger partial charge in [-0.15, -0.1) is 0 Å². The monoisotopic (exact) mass is 346 g/mol. The van der Waals surface area contributed by atoms with Gasteiger partial charge in [-0.3, -0.25) is 4.79 Å². The number of amides is 3. The van der Waals surface area contributed by atoms with Gasteiger partial charge in [0.1, 0.15) is 0 Å². The molecule has 0 unspecified atom stereocenters. The molecule has 0 bridgehead atoms. The minimum absolute atomic E-state index is 0.0251. The van der Waals surface area contributed by atoms with E-state index in [0.717, 1.165) is 17.8 Å². The van der Waals surface area contributed by atoms with E-state index in [2.05, 4.69) is 22.6 Å². The highest BCUT2D eigenvalue weighted by Gasteiger charge is 2.20. The van der Waals surface area contributed by atoms with Crippen molar-refractivity contribution in [1.82, 2.24) is 15.1 Å². The molecule has 3 amide bonds. The highest BCUT2D eigenvalue weighted by atomic mass is 16.2. The Labute approximate surface area is 150 Å². The predicted molar refractivity (Wildman–Crippen MR) is 101 cm³/mol. The lowest BCUT2D eigenvalue weighted by molar-refractivity contribution is -0.119. The van der Waals surface area contributed by atoms with Crippen LogP contribution in [0.2, 0.25) is 0 Å². The van der Waals surface area contributed by atoms with Crippen LogP contribution in [0.25, 0.3) is 0 Å². The maximum Gasteiger partial charge on any atom is 0.321 e. The smallest absolute Gasteiger partial charge is 0.321 e. The molecule has 2 rings (SSSR count). The standard InChI is InChI=1S/C19H30N4O2/c1-20-18(24)14-15-8-10-16(11-9-15)21-19(25)23(3)13-12-22(2)17-6-4-5-7-17/h8-11,17H,4-7,12-14H2,1-3H3,(H,20,24)(H,21,25). The van der Waals surface area contributed by atoms with E-state index in [4.69, 9.17) is 0 Å². The summed E-state index contributed by atoms with van der Waals surface area (Å²) in [7, 11) is 5.58. The first-order chi connectivity index (χ1) is 12.0. The minimum Gasteiger partial charge on any atom is -0.359 e. The molecular formula is C19H30N4O2. The number of urea groups is 1. The zero-order valence-corrected chi connectivity index (χ0v) is 15.5. The third-order valence-corrected chi connectivity index (χ3v) is 4.93. The van der Waals surface area contributed by atoms with Crippen molar-refractivity contribution in [2.45, 2.75) is 38.1 Å². The van der Waals surface area contributed by atoms with Crippen LogP contribution in [0.4, 0.5) is 10.5 Å². The number of nitrogens with one attached hydrogen (secondary N) is 2. The van der Waals surface area contributed by atoms with Crippen molar-refractivity contribution < 1.29 is 9.59 Å². The summed E-state index contributed by atoms with van der Waals surface area (Å²) in [6, 6.07) is 7.93. The average Bonchev–Trinajstić information content (AvgIpc) is 3.15. The molecule has 1 aliphatic carbocycles. The molecule has 1 aromatic rings. The van der Waals surface area contributed by atoms with Crippen LogP contribution < -0.4 is 10.6 Å². The molecule has 0 aliphatic heterocycles. The van der Waals surface area contributed by atoms with Crippen molar-refractivity contribution in [3.63, 3.8) is 0 Å². The molecule has 1 saturated carbocycles. The van der Waals surface area contributed by atoms with Crippen LogP contribution in [0.5, 0.6) is 0 Å². The Balaban J connectivity index is 1.77. The Kier molecular flexibility index (Phi) is 7.25. The topological polar surface area (TPSA) is 64.7 Å². The number of carbonyl (C=O) groups excluding carboxylic acids is 2. The SMILES string of the molecule is CNC(=O)Cc1ccc(NC(=O)N(C)CCN(C)C2CCCC2)cc1. The molecule has 1 aromatic carbocycles. The van der Waals surface area contributed by atoms with Gasteiger partial charge in [-0.05, 0) is 37.6 Å². The summed E-state index contributed by atoms with van der Waals surface area (Å²) in [6.45, 7) is 1.59. The summed E-state index contributed by atoms with van der Waals surface area (Å²) >= 11 is 0. The zero-order valence-electron chi connectivity index (χ0n) is 15.5. The van der Waals surface area contributed by atoms with Crippen LogP contribution in [0.1, 0.15) is 31.2 Å². The van der Waals surface area contributed by atoms with E-state index < -0.39 is 0 Å². The van der Waals surface area contributed by atoms with Gasteiger partial charge >= 0.3 is 6.03 Å². The van der Waals surface area contributed by atoms with E-state index in [9.17, 15) is 9.59 Å². The summed E-state index contributed by atoms with van der Waals surface area (Å²) in [5.41, 5.74) is 1.66. The van der Waals surface area contributed by atoms with Crippen molar-refractivity contribution in [2.75, 3.05) is 39.5 Å². The molecule has 6 nitrogen and oxygen atoms in total. The fraction of sp³-hybridized carbons (Fsp3) is 0.579. The molecule has 138 valence electrons. The first-order valence-corrected chi connectivity index (χ1v) is 9.01. The lowest BCUT2D eigenvalue weighted by atomic mass is 10.1. The molecule has 1 aliphatic rings. The van der Waals surface area contributed by atoms with Crippen molar-refractivity contribution in [3.8, 4) is 0 Å². The fourth-order valence-electron chi connectivity index (χ4n) is 3.14. The fourth-order valence-corrected chi connectivity index (χ4v) is 3.14. The summed E-state index contributed by atoms with van der Waals surface area (Å²) in [4.78, 5) is 27.7. The van der Waals surface area contributed by atoms with Gasteiger partial charge in [-0.1, -0.05) is 25.0 Å². The molecule has 0 radical (unpaired) electrons. The second-order valence-corrected chi connectivity index (χ2v) is 6.82. The van der Waals surface area contributed by atoms with E-state index in [-0.39, 0.29) is 11.9 Å². The van der Waals surface area contributed by atoms with Crippen molar-refractivity contribution in [1.29, 1.82) is 0 Å². The summed E-state index contributed by atoms with van der Waals surface area (Å²) in [6.07, 6.45) is 5.53. The Morgan fingerprint density at radius 1 is 1.08 bits per heavy atom. The van der Waals surface area contributed by atoms with Gasteiger partial charge in [0.25, 0.3) is 0 Å². The molecule has 0 atom stereocenters. The average molecular weight is 346 g/mol. The molecule has 1 fully saturated rings. The van der Waals surface area contributed by atoms with Crippen LogP contribution in [0.15, 0.2) is 24.3 Å². The van der Waals surface area contributed by atoms with Gasteiger partial charge < -0.3 is 20.4 Å². The van der Waals surface area contributed by atoms with E-state index >= 15 is 0 Å². The van der Waals surface area contributed by atoms with Crippen LogP contribution in [-0.4, -0.2) is 62.0 Å². The highest BCUT2D eigenvalue weighted by molar-refractivity contribution is 5.89. The quantitative estimate of drug-likeness (QED) is 0.796. The first-order valence-electron chi connectivity index (χ1n) is 9.01. The van der Waals surface area contributed by atoms with E-state index in [1.54, 1.807) is 11.9 Å². The van der Waals surface area contributed by atoms with Gasteiger partial charge in [0.15, 0.2) is 0 Å². The molecular weight excluding hydrogens is 316 g/mol. The lowest BCUT2D eigenvalue weighted by Gasteiger charge is -2.26. The highest BCUT2D eigenvalue weighted by Crippen LogP contribution is 2.22. The Bertz CT molecular complexity index is 567. The Morgan fingerprint density at radius 2 is 1.72 bits per heavy atom. The first kappa shape index (κ1) is 19.2. The number of benzene rings is 1. The van der Waals surface area contributed by atoms with E-state index in [1.165, 1.54) is 25.7 Å². The second kappa shape index (κ2) is 9.42. The van der Waals surface area contributed by atoms with E-state index in [0.29, 0.717) is 19.0 Å². The lowest BCUT2D eigenvalue weighted by Crippen LogP contribution is -2.40.